The van der Waals surface area contributed by atoms with Gasteiger partial charge in [-0.25, -0.2) is 17.7 Å². The van der Waals surface area contributed by atoms with Crippen molar-refractivity contribution in [2.75, 3.05) is 19.4 Å². The molecule has 0 fully saturated rings. The molecule has 1 aromatic carbocycles. The Labute approximate surface area is 140 Å². The van der Waals surface area contributed by atoms with Crippen LogP contribution in [0.25, 0.3) is 0 Å². The Bertz CT molecular complexity index is 855. The Morgan fingerprint density at radius 3 is 2.39 bits per heavy atom. The van der Waals surface area contributed by atoms with E-state index in [1.54, 1.807) is 26.0 Å². The van der Waals surface area contributed by atoms with Gasteiger partial charge in [0.25, 0.3) is 5.91 Å². The summed E-state index contributed by atoms with van der Waals surface area (Å²) in [5.74, 6) is -0.287. The number of rotatable bonds is 4. The highest BCUT2D eigenvalue weighted by molar-refractivity contribution is 7.89. The zero-order valence-corrected chi connectivity index (χ0v) is 15.3. The molecule has 2 rings (SSSR count). The Morgan fingerprint density at radius 2 is 1.87 bits per heavy atom. The summed E-state index contributed by atoms with van der Waals surface area (Å²) in [5, 5.41) is 3.55. The van der Waals surface area contributed by atoms with Crippen LogP contribution in [-0.2, 0) is 10.0 Å². The number of amides is 1. The van der Waals surface area contributed by atoms with Gasteiger partial charge in [-0.2, -0.15) is 0 Å². The fourth-order valence-corrected chi connectivity index (χ4v) is 4.04. The number of carbonyl (C=O) groups excluding carboxylic acids is 1. The summed E-state index contributed by atoms with van der Waals surface area (Å²) in [6, 6.07) is 4.84. The highest BCUT2D eigenvalue weighted by atomic mass is 32.2. The third kappa shape index (κ3) is 3.60. The van der Waals surface area contributed by atoms with Gasteiger partial charge in [-0.1, -0.05) is 6.07 Å². The first kappa shape index (κ1) is 17.6. The number of sulfonamides is 1. The largest absolute Gasteiger partial charge is 0.321 e. The van der Waals surface area contributed by atoms with E-state index in [-0.39, 0.29) is 10.8 Å². The standard InChI is InChI=1S/C15H19N3O3S2/c1-9-6-7-12(8-13(9)23(20,21)18(4)5)17-15(19)14-10(2)16-11(3)22-14/h6-8H,1-5H3,(H,17,19). The first-order valence-electron chi connectivity index (χ1n) is 6.91. The van der Waals surface area contributed by atoms with Crippen LogP contribution in [0.2, 0.25) is 0 Å². The molecular formula is C15H19N3O3S2. The molecule has 0 aliphatic heterocycles. The third-order valence-corrected chi connectivity index (χ3v) is 6.34. The Balaban J connectivity index is 2.35. The molecule has 1 heterocycles. The average Bonchev–Trinajstić information content (AvgIpc) is 2.79. The summed E-state index contributed by atoms with van der Waals surface area (Å²) in [7, 11) is -0.611. The molecule has 0 saturated heterocycles. The van der Waals surface area contributed by atoms with Gasteiger partial charge in [0, 0.05) is 19.8 Å². The number of carbonyl (C=O) groups is 1. The molecule has 1 amide bonds. The van der Waals surface area contributed by atoms with E-state index in [4.69, 9.17) is 0 Å². The SMILES string of the molecule is Cc1nc(C)c(C(=O)Nc2ccc(C)c(S(=O)(=O)N(C)C)c2)s1. The number of hydrogen-bond donors (Lipinski definition) is 1. The van der Waals surface area contributed by atoms with E-state index in [0.717, 1.165) is 9.31 Å². The van der Waals surface area contributed by atoms with E-state index >= 15 is 0 Å². The van der Waals surface area contributed by atoms with Crippen molar-refractivity contribution in [3.8, 4) is 0 Å². The molecule has 1 aromatic heterocycles. The van der Waals surface area contributed by atoms with Gasteiger partial charge in [-0.05, 0) is 38.5 Å². The highest BCUT2D eigenvalue weighted by Gasteiger charge is 2.21. The number of nitrogens with one attached hydrogen (secondary N) is 1. The van der Waals surface area contributed by atoms with E-state index in [0.29, 0.717) is 21.8 Å². The number of aromatic nitrogens is 1. The van der Waals surface area contributed by atoms with Crippen LogP contribution in [0.15, 0.2) is 23.1 Å². The lowest BCUT2D eigenvalue weighted by Gasteiger charge is -2.15. The summed E-state index contributed by atoms with van der Waals surface area (Å²) in [5.41, 5.74) is 1.73. The zero-order chi connectivity index (χ0) is 17.4. The van der Waals surface area contributed by atoms with Gasteiger partial charge in [-0.3, -0.25) is 4.79 Å². The van der Waals surface area contributed by atoms with Crippen LogP contribution in [0.5, 0.6) is 0 Å². The van der Waals surface area contributed by atoms with E-state index in [1.165, 1.54) is 31.5 Å². The van der Waals surface area contributed by atoms with E-state index in [9.17, 15) is 13.2 Å². The second-order valence-electron chi connectivity index (χ2n) is 5.37. The second kappa shape index (κ2) is 6.38. The van der Waals surface area contributed by atoms with Crippen molar-refractivity contribution in [2.24, 2.45) is 0 Å². The minimum atomic E-state index is -3.56. The van der Waals surface area contributed by atoms with Gasteiger partial charge in [-0.15, -0.1) is 11.3 Å². The van der Waals surface area contributed by atoms with Crippen molar-refractivity contribution < 1.29 is 13.2 Å². The van der Waals surface area contributed by atoms with Gasteiger partial charge < -0.3 is 5.32 Å². The summed E-state index contributed by atoms with van der Waals surface area (Å²) >= 11 is 1.31. The van der Waals surface area contributed by atoms with Crippen LogP contribution in [0.4, 0.5) is 5.69 Å². The van der Waals surface area contributed by atoms with Crippen LogP contribution in [-0.4, -0.2) is 37.7 Å². The number of anilines is 1. The zero-order valence-electron chi connectivity index (χ0n) is 13.7. The quantitative estimate of drug-likeness (QED) is 0.916. The molecule has 8 heteroatoms. The number of nitrogens with zero attached hydrogens (tertiary/aromatic N) is 2. The monoisotopic (exact) mass is 353 g/mol. The molecule has 2 aromatic rings. The van der Waals surface area contributed by atoms with Crippen molar-refractivity contribution in [2.45, 2.75) is 25.7 Å². The maximum absolute atomic E-state index is 12.3. The Hall–Kier alpha value is -1.77. The first-order chi connectivity index (χ1) is 10.6. The normalized spacial score (nSPS) is 11.7. The van der Waals surface area contributed by atoms with Gasteiger partial charge in [0.1, 0.15) is 4.88 Å². The lowest BCUT2D eigenvalue weighted by molar-refractivity contribution is 0.102. The molecule has 0 unspecified atom stereocenters. The summed E-state index contributed by atoms with van der Waals surface area (Å²) in [6.07, 6.45) is 0. The third-order valence-electron chi connectivity index (χ3n) is 3.31. The molecule has 0 saturated carbocycles. The van der Waals surface area contributed by atoms with Crippen LogP contribution in [0, 0.1) is 20.8 Å². The van der Waals surface area contributed by atoms with Crippen molar-refractivity contribution in [1.29, 1.82) is 0 Å². The highest BCUT2D eigenvalue weighted by Crippen LogP contribution is 2.24. The molecule has 6 nitrogen and oxygen atoms in total. The van der Waals surface area contributed by atoms with Crippen LogP contribution >= 0.6 is 11.3 Å². The number of thiazole rings is 1. The van der Waals surface area contributed by atoms with Crippen molar-refractivity contribution in [3.05, 3.63) is 39.3 Å². The topological polar surface area (TPSA) is 79.4 Å². The molecule has 0 aliphatic carbocycles. The van der Waals surface area contributed by atoms with Gasteiger partial charge >= 0.3 is 0 Å². The Morgan fingerprint density at radius 1 is 1.22 bits per heavy atom. The molecule has 124 valence electrons. The lowest BCUT2D eigenvalue weighted by atomic mass is 10.2. The minimum Gasteiger partial charge on any atom is -0.321 e. The van der Waals surface area contributed by atoms with Gasteiger partial charge in [0.05, 0.1) is 15.6 Å². The van der Waals surface area contributed by atoms with Gasteiger partial charge in [0.2, 0.25) is 10.0 Å². The van der Waals surface area contributed by atoms with Crippen molar-refractivity contribution >= 4 is 33.0 Å². The number of hydrogen-bond acceptors (Lipinski definition) is 5. The maximum Gasteiger partial charge on any atom is 0.267 e. The molecular weight excluding hydrogens is 334 g/mol. The van der Waals surface area contributed by atoms with E-state index in [1.807, 2.05) is 6.92 Å². The van der Waals surface area contributed by atoms with E-state index < -0.39 is 10.0 Å². The molecule has 0 atom stereocenters. The maximum atomic E-state index is 12.3. The minimum absolute atomic E-state index is 0.178. The summed E-state index contributed by atoms with van der Waals surface area (Å²) in [6.45, 7) is 5.33. The van der Waals surface area contributed by atoms with E-state index in [2.05, 4.69) is 10.3 Å². The van der Waals surface area contributed by atoms with Crippen molar-refractivity contribution in [3.63, 3.8) is 0 Å². The Kier molecular flexibility index (Phi) is 4.88. The molecule has 0 aliphatic rings. The molecule has 1 N–H and O–H groups in total. The smallest absolute Gasteiger partial charge is 0.267 e. The number of aryl methyl sites for hydroxylation is 3. The van der Waals surface area contributed by atoms with Crippen molar-refractivity contribution in [1.82, 2.24) is 9.29 Å². The molecule has 23 heavy (non-hydrogen) atoms. The predicted octanol–water partition coefficient (Wildman–Crippen LogP) is 2.57. The fraction of sp³-hybridized carbons (Fsp3) is 0.333. The lowest BCUT2D eigenvalue weighted by Crippen LogP contribution is -2.23. The average molecular weight is 353 g/mol. The van der Waals surface area contributed by atoms with Crippen LogP contribution in [0.3, 0.4) is 0 Å². The van der Waals surface area contributed by atoms with Gasteiger partial charge in [0.15, 0.2) is 0 Å². The summed E-state index contributed by atoms with van der Waals surface area (Å²) < 4.78 is 25.8. The summed E-state index contributed by atoms with van der Waals surface area (Å²) in [4.78, 5) is 17.3. The van der Waals surface area contributed by atoms with Crippen LogP contribution in [0.1, 0.15) is 25.9 Å². The molecule has 0 bridgehead atoms. The molecule has 0 spiro atoms. The number of benzene rings is 1. The van der Waals surface area contributed by atoms with Crippen LogP contribution < -0.4 is 5.32 Å². The second-order valence-corrected chi connectivity index (χ2v) is 8.69. The predicted molar refractivity (Wildman–Crippen MR) is 91.6 cm³/mol. The first-order valence-corrected chi connectivity index (χ1v) is 9.17. The fourth-order valence-electron chi connectivity index (χ4n) is 2.08. The molecule has 0 radical (unpaired) electrons.